The zero-order valence-corrected chi connectivity index (χ0v) is 15.2. The van der Waals surface area contributed by atoms with Crippen molar-refractivity contribution in [2.24, 2.45) is 0 Å². The number of benzene rings is 2. The predicted molar refractivity (Wildman–Crippen MR) is 99.4 cm³/mol. The summed E-state index contributed by atoms with van der Waals surface area (Å²) in [7, 11) is 0. The fraction of sp³-hybridized carbons (Fsp3) is 0.222. The molecule has 3 aromatic rings. The Labute approximate surface area is 149 Å². The molecule has 1 amide bonds. The quantitative estimate of drug-likeness (QED) is 0.720. The van der Waals surface area contributed by atoms with Crippen LogP contribution in [0.5, 0.6) is 5.75 Å². The van der Waals surface area contributed by atoms with Crippen LogP contribution in [0.2, 0.25) is 5.02 Å². The van der Waals surface area contributed by atoms with Gasteiger partial charge in [-0.2, -0.15) is 0 Å². The molecular formula is C18H17ClN2O2S. The van der Waals surface area contributed by atoms with Gasteiger partial charge in [-0.05, 0) is 55.7 Å². The topological polar surface area (TPSA) is 51.2 Å². The summed E-state index contributed by atoms with van der Waals surface area (Å²) in [5.41, 5.74) is 4.10. The van der Waals surface area contributed by atoms with Gasteiger partial charge in [0.25, 0.3) is 5.91 Å². The molecule has 1 heterocycles. The number of aromatic nitrogens is 1. The molecule has 0 aliphatic rings. The predicted octanol–water partition coefficient (Wildman–Crippen LogP) is 4.89. The van der Waals surface area contributed by atoms with Crippen LogP contribution >= 0.6 is 22.9 Å². The van der Waals surface area contributed by atoms with E-state index in [1.165, 1.54) is 11.3 Å². The lowest BCUT2D eigenvalue weighted by molar-refractivity contribution is -0.118. The molecule has 2 aromatic carbocycles. The molecule has 1 N–H and O–H groups in total. The van der Waals surface area contributed by atoms with Gasteiger partial charge in [0.15, 0.2) is 11.7 Å². The van der Waals surface area contributed by atoms with Crippen molar-refractivity contribution in [3.05, 3.63) is 52.0 Å². The summed E-state index contributed by atoms with van der Waals surface area (Å²) in [6, 6.07) is 9.40. The number of anilines is 1. The molecule has 124 valence electrons. The Morgan fingerprint density at radius 1 is 1.17 bits per heavy atom. The third-order valence-corrected chi connectivity index (χ3v) is 5.22. The van der Waals surface area contributed by atoms with Gasteiger partial charge in [0.05, 0.1) is 10.2 Å². The molecule has 0 bridgehead atoms. The highest BCUT2D eigenvalue weighted by Crippen LogP contribution is 2.30. The van der Waals surface area contributed by atoms with E-state index in [1.807, 2.05) is 26.8 Å². The highest BCUT2D eigenvalue weighted by molar-refractivity contribution is 7.22. The van der Waals surface area contributed by atoms with Crippen LogP contribution in [0.15, 0.2) is 30.3 Å². The minimum atomic E-state index is -0.239. The van der Waals surface area contributed by atoms with Crippen LogP contribution in [0.25, 0.3) is 10.2 Å². The number of hydrogen-bond acceptors (Lipinski definition) is 4. The van der Waals surface area contributed by atoms with Gasteiger partial charge < -0.3 is 4.74 Å². The second-order valence-electron chi connectivity index (χ2n) is 5.64. The molecule has 0 radical (unpaired) electrons. The highest BCUT2D eigenvalue weighted by Gasteiger charge is 2.11. The number of carbonyl (C=O) groups is 1. The summed E-state index contributed by atoms with van der Waals surface area (Å²) in [6.07, 6.45) is 0. The van der Waals surface area contributed by atoms with Crippen LogP contribution in [-0.4, -0.2) is 17.5 Å². The SMILES string of the molecule is Cc1cc(OCC(=O)Nc2nc3c(C)ccc(C)c3s2)ccc1Cl. The number of carbonyl (C=O) groups excluding carboxylic acids is 1. The van der Waals surface area contributed by atoms with Gasteiger partial charge in [-0.15, -0.1) is 0 Å². The second-order valence-corrected chi connectivity index (χ2v) is 7.05. The molecule has 0 aliphatic heterocycles. The molecule has 1 aromatic heterocycles. The molecule has 0 aliphatic carbocycles. The maximum absolute atomic E-state index is 12.1. The monoisotopic (exact) mass is 360 g/mol. The average Bonchev–Trinajstić information content (AvgIpc) is 2.97. The average molecular weight is 361 g/mol. The van der Waals surface area contributed by atoms with Crippen LogP contribution in [0.3, 0.4) is 0 Å². The summed E-state index contributed by atoms with van der Waals surface area (Å²) in [5.74, 6) is 0.375. The maximum atomic E-state index is 12.1. The van der Waals surface area contributed by atoms with Crippen LogP contribution < -0.4 is 10.1 Å². The number of thiazole rings is 1. The Morgan fingerprint density at radius 3 is 2.62 bits per heavy atom. The molecule has 3 rings (SSSR count). The molecule has 0 unspecified atom stereocenters. The minimum Gasteiger partial charge on any atom is -0.484 e. The molecule has 0 saturated carbocycles. The summed E-state index contributed by atoms with van der Waals surface area (Å²) < 4.78 is 6.60. The Kier molecular flexibility index (Phi) is 4.73. The molecule has 4 nitrogen and oxygen atoms in total. The Hall–Kier alpha value is -2.11. The maximum Gasteiger partial charge on any atom is 0.264 e. The van der Waals surface area contributed by atoms with E-state index < -0.39 is 0 Å². The van der Waals surface area contributed by atoms with Crippen molar-refractivity contribution in [2.75, 3.05) is 11.9 Å². The summed E-state index contributed by atoms with van der Waals surface area (Å²) in [6.45, 7) is 5.87. The minimum absolute atomic E-state index is 0.0744. The number of nitrogens with one attached hydrogen (secondary N) is 1. The van der Waals surface area contributed by atoms with Crippen molar-refractivity contribution in [1.82, 2.24) is 4.98 Å². The lowest BCUT2D eigenvalue weighted by Gasteiger charge is -2.07. The van der Waals surface area contributed by atoms with Gasteiger partial charge in [0.2, 0.25) is 0 Å². The third-order valence-electron chi connectivity index (χ3n) is 3.69. The number of aryl methyl sites for hydroxylation is 3. The van der Waals surface area contributed by atoms with Gasteiger partial charge in [0, 0.05) is 5.02 Å². The first kappa shape index (κ1) is 16.7. The van der Waals surface area contributed by atoms with E-state index >= 15 is 0 Å². The number of amides is 1. The number of ether oxygens (including phenoxy) is 1. The van der Waals surface area contributed by atoms with E-state index in [0.29, 0.717) is 15.9 Å². The van der Waals surface area contributed by atoms with Gasteiger partial charge in [-0.25, -0.2) is 4.98 Å². The summed E-state index contributed by atoms with van der Waals surface area (Å²) in [5, 5.41) is 4.06. The van der Waals surface area contributed by atoms with Crippen molar-refractivity contribution in [3.8, 4) is 5.75 Å². The van der Waals surface area contributed by atoms with Crippen LogP contribution in [-0.2, 0) is 4.79 Å². The van der Waals surface area contributed by atoms with Crippen molar-refractivity contribution in [2.45, 2.75) is 20.8 Å². The first-order valence-corrected chi connectivity index (χ1v) is 8.69. The molecule has 24 heavy (non-hydrogen) atoms. The summed E-state index contributed by atoms with van der Waals surface area (Å²) >= 11 is 7.45. The number of hydrogen-bond donors (Lipinski definition) is 1. The number of halogens is 1. The molecule has 0 spiro atoms. The van der Waals surface area contributed by atoms with E-state index in [2.05, 4.69) is 16.4 Å². The molecular weight excluding hydrogens is 344 g/mol. The van der Waals surface area contributed by atoms with E-state index in [-0.39, 0.29) is 12.5 Å². The van der Waals surface area contributed by atoms with Crippen molar-refractivity contribution in [3.63, 3.8) is 0 Å². The van der Waals surface area contributed by atoms with Gasteiger partial charge >= 0.3 is 0 Å². The van der Waals surface area contributed by atoms with E-state index in [4.69, 9.17) is 16.3 Å². The van der Waals surface area contributed by atoms with Gasteiger partial charge in [-0.1, -0.05) is 35.1 Å². The van der Waals surface area contributed by atoms with E-state index in [0.717, 1.165) is 26.9 Å². The first-order chi connectivity index (χ1) is 11.4. The van der Waals surface area contributed by atoms with Crippen LogP contribution in [0.4, 0.5) is 5.13 Å². The number of nitrogens with zero attached hydrogens (tertiary/aromatic N) is 1. The molecule has 0 atom stereocenters. The molecule has 6 heteroatoms. The first-order valence-electron chi connectivity index (χ1n) is 7.49. The van der Waals surface area contributed by atoms with Crippen LogP contribution in [0.1, 0.15) is 16.7 Å². The Bertz CT molecular complexity index is 882. The molecule has 0 fully saturated rings. The number of rotatable bonds is 4. The molecule has 0 saturated heterocycles. The van der Waals surface area contributed by atoms with E-state index in [1.54, 1.807) is 18.2 Å². The fourth-order valence-corrected chi connectivity index (χ4v) is 3.47. The van der Waals surface area contributed by atoms with Gasteiger partial charge in [0.1, 0.15) is 5.75 Å². The largest absolute Gasteiger partial charge is 0.484 e. The normalized spacial score (nSPS) is 10.8. The summed E-state index contributed by atoms with van der Waals surface area (Å²) in [4.78, 5) is 16.6. The number of fused-ring (bicyclic) bond motifs is 1. The highest BCUT2D eigenvalue weighted by atomic mass is 35.5. The standard InChI is InChI=1S/C18H17ClN2O2S/c1-10-4-5-11(2)17-16(10)21-18(24-17)20-15(22)9-23-13-6-7-14(19)12(3)8-13/h4-8H,9H2,1-3H3,(H,20,21,22). The smallest absolute Gasteiger partial charge is 0.264 e. The second kappa shape index (κ2) is 6.79. The third kappa shape index (κ3) is 3.52. The lowest BCUT2D eigenvalue weighted by Crippen LogP contribution is -2.20. The van der Waals surface area contributed by atoms with Crippen molar-refractivity contribution >= 4 is 44.2 Å². The Morgan fingerprint density at radius 2 is 1.92 bits per heavy atom. The van der Waals surface area contributed by atoms with Gasteiger partial charge in [-0.3, -0.25) is 10.1 Å². The zero-order valence-electron chi connectivity index (χ0n) is 13.6. The lowest BCUT2D eigenvalue weighted by atomic mass is 10.1. The van der Waals surface area contributed by atoms with Crippen LogP contribution in [0, 0.1) is 20.8 Å². The van der Waals surface area contributed by atoms with E-state index in [9.17, 15) is 4.79 Å². The Balaban J connectivity index is 1.67. The van der Waals surface area contributed by atoms with Crippen molar-refractivity contribution in [1.29, 1.82) is 0 Å². The zero-order chi connectivity index (χ0) is 17.3. The van der Waals surface area contributed by atoms with Crippen molar-refractivity contribution < 1.29 is 9.53 Å². The fourth-order valence-electron chi connectivity index (χ4n) is 2.32.